The largest absolute Gasteiger partial charge is 0.508 e. The van der Waals surface area contributed by atoms with Gasteiger partial charge in [-0.2, -0.15) is 0 Å². The maximum absolute atomic E-state index is 11.5. The fraction of sp³-hybridized carbons (Fsp3) is 0.467. The molecule has 1 aromatic carbocycles. The van der Waals surface area contributed by atoms with Crippen molar-refractivity contribution in [2.75, 3.05) is 26.7 Å². The molecule has 0 fully saturated rings. The number of amides is 2. The van der Waals surface area contributed by atoms with Gasteiger partial charge in [0, 0.05) is 6.61 Å². The molecule has 0 aliphatic carbocycles. The lowest BCUT2D eigenvalue weighted by Crippen LogP contribution is -2.44. The van der Waals surface area contributed by atoms with E-state index in [0.29, 0.717) is 19.6 Å². The number of carbonyl (C=O) groups excluding carboxylic acids is 2. The van der Waals surface area contributed by atoms with Gasteiger partial charge in [-0.05, 0) is 31.0 Å². The number of benzene rings is 1. The van der Waals surface area contributed by atoms with Gasteiger partial charge in [0.2, 0.25) is 11.8 Å². The average molecular weight is 340 g/mol. The molecule has 0 atom stereocenters. The zero-order valence-electron chi connectivity index (χ0n) is 13.6. The molecule has 5 N–H and O–H groups in total. The van der Waals surface area contributed by atoms with Crippen molar-refractivity contribution in [3.05, 3.63) is 29.8 Å². The lowest BCUT2D eigenvalue weighted by molar-refractivity contribution is -0.131. The van der Waals surface area contributed by atoms with E-state index in [1.165, 1.54) is 0 Å². The van der Waals surface area contributed by atoms with Gasteiger partial charge in [-0.3, -0.25) is 20.4 Å². The fourth-order valence-corrected chi connectivity index (χ4v) is 1.63. The van der Waals surface area contributed by atoms with Gasteiger partial charge in [-0.25, -0.2) is 10.9 Å². The summed E-state index contributed by atoms with van der Waals surface area (Å²) < 4.78 is 10.3. The van der Waals surface area contributed by atoms with Crippen molar-refractivity contribution >= 4 is 11.8 Å². The molecule has 0 saturated heterocycles. The summed E-state index contributed by atoms with van der Waals surface area (Å²) in [4.78, 5) is 22.8. The Bertz CT molecular complexity index is 495. The highest BCUT2D eigenvalue weighted by Crippen LogP contribution is 2.09. The number of hydrazine groups is 2. The summed E-state index contributed by atoms with van der Waals surface area (Å²) in [5.41, 5.74) is 10.8. The molecule has 9 heteroatoms. The molecule has 1 rings (SSSR count). The predicted molar refractivity (Wildman–Crippen MR) is 86.3 cm³/mol. The van der Waals surface area contributed by atoms with Crippen LogP contribution in [0.1, 0.15) is 18.9 Å². The van der Waals surface area contributed by atoms with Crippen LogP contribution in [0.25, 0.3) is 0 Å². The third kappa shape index (κ3) is 9.74. The van der Waals surface area contributed by atoms with Crippen LogP contribution >= 0.6 is 0 Å². The van der Waals surface area contributed by atoms with E-state index in [0.717, 1.165) is 5.56 Å². The van der Waals surface area contributed by atoms with E-state index in [1.807, 2.05) is 19.1 Å². The normalized spacial score (nSPS) is 10.4. The number of hydrogen-bond acceptors (Lipinski definition) is 7. The van der Waals surface area contributed by atoms with Crippen molar-refractivity contribution in [2.45, 2.75) is 19.8 Å². The van der Waals surface area contributed by atoms with E-state index in [1.54, 1.807) is 12.1 Å². The van der Waals surface area contributed by atoms with Crippen molar-refractivity contribution in [2.24, 2.45) is 0 Å². The van der Waals surface area contributed by atoms with E-state index in [2.05, 4.69) is 21.7 Å². The molecule has 0 aliphatic heterocycles. The monoisotopic (exact) mass is 340 g/mol. The summed E-state index contributed by atoms with van der Waals surface area (Å²) in [6.45, 7) is 3.11. The van der Waals surface area contributed by atoms with Crippen molar-refractivity contribution in [3.8, 4) is 5.75 Å². The smallest absolute Gasteiger partial charge is 0.243 e. The van der Waals surface area contributed by atoms with Gasteiger partial charge in [-0.15, -0.1) is 0 Å². The van der Waals surface area contributed by atoms with Gasteiger partial charge in [-0.1, -0.05) is 12.1 Å². The van der Waals surface area contributed by atoms with Crippen LogP contribution < -0.4 is 21.7 Å². The van der Waals surface area contributed by atoms with Gasteiger partial charge in [0.05, 0.1) is 6.61 Å². The minimum atomic E-state index is -0.479. The summed E-state index contributed by atoms with van der Waals surface area (Å²) in [6, 6.07) is 6.85. The minimum Gasteiger partial charge on any atom is -0.508 e. The van der Waals surface area contributed by atoms with Gasteiger partial charge in [0.25, 0.3) is 0 Å². The van der Waals surface area contributed by atoms with E-state index in [9.17, 15) is 9.59 Å². The first-order chi connectivity index (χ1) is 11.6. The molecule has 24 heavy (non-hydrogen) atoms. The summed E-state index contributed by atoms with van der Waals surface area (Å²) in [7, 11) is 0. The quantitative estimate of drug-likeness (QED) is 0.151. The average Bonchev–Trinajstić information content (AvgIpc) is 2.56. The summed E-state index contributed by atoms with van der Waals surface area (Å²) in [5.74, 6) is -0.726. The zero-order chi connectivity index (χ0) is 17.6. The van der Waals surface area contributed by atoms with Crippen LogP contribution in [-0.2, 0) is 25.5 Å². The lowest BCUT2D eigenvalue weighted by atomic mass is 10.1. The standard InChI is InChI=1S/C15H24N4O5/c1-2-23-10-16-18-14(21)9-15(22)19-17-11-24-8-7-12-3-5-13(20)6-4-12/h3-6,16-17,20H,2,7-11H2,1H3,(H,18,21)(H,19,22). The maximum Gasteiger partial charge on any atom is 0.243 e. The van der Waals surface area contributed by atoms with Crippen LogP contribution in [0.15, 0.2) is 24.3 Å². The van der Waals surface area contributed by atoms with E-state index < -0.39 is 11.8 Å². The van der Waals surface area contributed by atoms with Crippen molar-refractivity contribution in [1.29, 1.82) is 0 Å². The number of carbonyl (C=O) groups is 2. The second kappa shape index (κ2) is 12.3. The molecule has 0 bridgehead atoms. The Kier molecular flexibility index (Phi) is 10.1. The van der Waals surface area contributed by atoms with Crippen molar-refractivity contribution in [1.82, 2.24) is 21.7 Å². The molecule has 0 spiro atoms. The highest BCUT2D eigenvalue weighted by Gasteiger charge is 2.07. The molecule has 0 aliphatic rings. The van der Waals surface area contributed by atoms with Crippen LogP contribution in [0.5, 0.6) is 5.75 Å². The van der Waals surface area contributed by atoms with E-state index in [-0.39, 0.29) is 25.6 Å². The number of rotatable bonds is 12. The Hall–Kier alpha value is -2.20. The topological polar surface area (TPSA) is 121 Å². The number of aromatic hydroxyl groups is 1. The van der Waals surface area contributed by atoms with Crippen LogP contribution in [0.3, 0.4) is 0 Å². The zero-order valence-corrected chi connectivity index (χ0v) is 13.6. The van der Waals surface area contributed by atoms with Crippen LogP contribution in [0.4, 0.5) is 0 Å². The summed E-state index contributed by atoms with van der Waals surface area (Å²) >= 11 is 0. The van der Waals surface area contributed by atoms with E-state index in [4.69, 9.17) is 14.6 Å². The maximum atomic E-state index is 11.5. The molecular formula is C15H24N4O5. The Balaban J connectivity index is 1.99. The second-order valence-corrected chi connectivity index (χ2v) is 4.73. The van der Waals surface area contributed by atoms with Crippen LogP contribution in [0.2, 0.25) is 0 Å². The molecule has 1 aromatic rings. The molecule has 0 aromatic heterocycles. The number of ether oxygens (including phenoxy) is 2. The third-order valence-corrected chi connectivity index (χ3v) is 2.80. The fourth-order valence-electron chi connectivity index (χ4n) is 1.63. The predicted octanol–water partition coefficient (Wildman–Crippen LogP) is -0.465. The first kappa shape index (κ1) is 19.8. The first-order valence-electron chi connectivity index (χ1n) is 7.58. The SMILES string of the molecule is CCOCNNC(=O)CC(=O)NNCOCCc1ccc(O)cc1. The minimum absolute atomic E-state index is 0.119. The van der Waals surface area contributed by atoms with Gasteiger partial charge < -0.3 is 14.6 Å². The molecule has 2 amide bonds. The molecule has 9 nitrogen and oxygen atoms in total. The Morgan fingerprint density at radius 1 is 1.00 bits per heavy atom. The molecular weight excluding hydrogens is 316 g/mol. The Labute approximate surface area is 140 Å². The number of phenolic OH excluding ortho intramolecular Hbond substituents is 1. The molecule has 0 heterocycles. The van der Waals surface area contributed by atoms with Crippen molar-refractivity contribution < 1.29 is 24.2 Å². The van der Waals surface area contributed by atoms with Crippen LogP contribution in [-0.4, -0.2) is 43.6 Å². The third-order valence-electron chi connectivity index (χ3n) is 2.80. The van der Waals surface area contributed by atoms with Gasteiger partial charge in [0.15, 0.2) is 0 Å². The van der Waals surface area contributed by atoms with Gasteiger partial charge >= 0.3 is 0 Å². The number of hydrogen-bond donors (Lipinski definition) is 5. The Morgan fingerprint density at radius 2 is 1.58 bits per heavy atom. The highest BCUT2D eigenvalue weighted by molar-refractivity contribution is 5.96. The van der Waals surface area contributed by atoms with Gasteiger partial charge in [0.1, 0.15) is 25.6 Å². The number of phenols is 1. The summed E-state index contributed by atoms with van der Waals surface area (Å²) in [6.07, 6.45) is 0.365. The van der Waals surface area contributed by atoms with Crippen molar-refractivity contribution in [3.63, 3.8) is 0 Å². The van der Waals surface area contributed by atoms with Crippen LogP contribution in [0, 0.1) is 0 Å². The lowest BCUT2D eigenvalue weighted by Gasteiger charge is -2.09. The van der Waals surface area contributed by atoms with E-state index >= 15 is 0 Å². The summed E-state index contributed by atoms with van der Waals surface area (Å²) in [5, 5.41) is 9.16. The first-order valence-corrected chi connectivity index (χ1v) is 7.58. The molecule has 134 valence electrons. The molecule has 0 unspecified atom stereocenters. The number of nitrogens with one attached hydrogen (secondary N) is 4. The highest BCUT2D eigenvalue weighted by atomic mass is 16.5. The second-order valence-electron chi connectivity index (χ2n) is 4.73. The molecule has 0 radical (unpaired) electrons. The Morgan fingerprint density at radius 3 is 2.17 bits per heavy atom. The molecule has 0 saturated carbocycles.